The van der Waals surface area contributed by atoms with Gasteiger partial charge in [-0.1, -0.05) is 12.1 Å². The van der Waals surface area contributed by atoms with Gasteiger partial charge in [0.1, 0.15) is 6.61 Å². The molecule has 1 aliphatic heterocycles. The van der Waals surface area contributed by atoms with Crippen molar-refractivity contribution >= 4 is 17.7 Å². The Morgan fingerprint density at radius 3 is 2.76 bits per heavy atom. The minimum atomic E-state index is -0.831. The summed E-state index contributed by atoms with van der Waals surface area (Å²) in [6.07, 6.45) is 0.0365. The van der Waals surface area contributed by atoms with Crippen molar-refractivity contribution in [3.8, 4) is 0 Å². The van der Waals surface area contributed by atoms with Crippen LogP contribution in [0.5, 0.6) is 0 Å². The minimum absolute atomic E-state index is 0.0365. The molecule has 0 amide bonds. The first kappa shape index (κ1) is 11.4. The molecule has 1 atom stereocenters. The van der Waals surface area contributed by atoms with Crippen LogP contribution in [0, 0.1) is 0 Å². The third-order valence-electron chi connectivity index (χ3n) is 2.36. The van der Waals surface area contributed by atoms with Gasteiger partial charge in [0.05, 0.1) is 12.5 Å². The van der Waals surface area contributed by atoms with Gasteiger partial charge in [-0.15, -0.1) is 0 Å². The predicted molar refractivity (Wildman–Crippen MR) is 64.3 cm³/mol. The van der Waals surface area contributed by atoms with Gasteiger partial charge in [-0.3, -0.25) is 4.79 Å². The fraction of sp³-hybridized carbons (Fsp3) is 0.333. The second kappa shape index (κ2) is 4.86. The van der Waals surface area contributed by atoms with Crippen molar-refractivity contribution in [3.05, 3.63) is 29.8 Å². The zero-order valence-corrected chi connectivity index (χ0v) is 9.51. The summed E-state index contributed by atoms with van der Waals surface area (Å²) in [5.74, 6) is -0.831. The van der Waals surface area contributed by atoms with Gasteiger partial charge in [0, 0.05) is 5.69 Å². The maximum Gasteiger partial charge on any atom is 0.307 e. The lowest BCUT2D eigenvalue weighted by Crippen LogP contribution is -2.11. The van der Waals surface area contributed by atoms with E-state index >= 15 is 0 Å². The molecule has 2 rings (SSSR count). The van der Waals surface area contributed by atoms with Crippen molar-refractivity contribution in [2.75, 3.05) is 11.9 Å². The molecule has 1 heterocycles. The molecule has 0 aromatic heterocycles. The molecule has 2 N–H and O–H groups in total. The Morgan fingerprint density at radius 1 is 1.53 bits per heavy atom. The maximum atomic E-state index is 10.5. The third kappa shape index (κ3) is 3.21. The van der Waals surface area contributed by atoms with Crippen LogP contribution < -0.4 is 5.32 Å². The monoisotopic (exact) mass is 234 g/mol. The van der Waals surface area contributed by atoms with E-state index in [2.05, 4.69) is 10.3 Å². The number of hydrogen-bond acceptors (Lipinski definition) is 4. The standard InChI is InChI=1S/C12H14N2O3/c1-8-7-17-12(13-8)14-10-4-2-9(3-5-10)6-11(15)16/h2-5,8H,6-7H2,1H3,(H,13,14)(H,15,16). The van der Waals surface area contributed by atoms with Crippen molar-refractivity contribution in [2.24, 2.45) is 4.99 Å². The smallest absolute Gasteiger partial charge is 0.307 e. The van der Waals surface area contributed by atoms with Gasteiger partial charge in [-0.25, -0.2) is 4.99 Å². The molecule has 1 aromatic carbocycles. The zero-order valence-electron chi connectivity index (χ0n) is 9.51. The Bertz CT molecular complexity index is 440. The van der Waals surface area contributed by atoms with Gasteiger partial charge in [0.15, 0.2) is 0 Å². The molecule has 0 aliphatic carbocycles. The molecule has 0 saturated heterocycles. The second-order valence-electron chi connectivity index (χ2n) is 3.99. The molecule has 1 aromatic rings. The predicted octanol–water partition coefficient (Wildman–Crippen LogP) is 1.50. The number of nitrogens with zero attached hydrogens (tertiary/aromatic N) is 1. The van der Waals surface area contributed by atoms with Crippen molar-refractivity contribution in [2.45, 2.75) is 19.4 Å². The number of hydrogen-bond donors (Lipinski definition) is 2. The number of carboxylic acid groups (broad SMARTS) is 1. The fourth-order valence-electron chi connectivity index (χ4n) is 1.55. The number of nitrogens with one attached hydrogen (secondary N) is 1. The number of aliphatic carboxylic acids is 1. The Kier molecular flexibility index (Phi) is 3.27. The normalized spacial score (nSPS) is 18.4. The quantitative estimate of drug-likeness (QED) is 0.831. The van der Waals surface area contributed by atoms with Crippen molar-refractivity contribution < 1.29 is 14.6 Å². The summed E-state index contributed by atoms with van der Waals surface area (Å²) in [6, 6.07) is 7.87. The summed E-state index contributed by atoms with van der Waals surface area (Å²) in [5, 5.41) is 11.7. The molecule has 5 nitrogen and oxygen atoms in total. The van der Waals surface area contributed by atoms with E-state index in [0.29, 0.717) is 12.6 Å². The van der Waals surface area contributed by atoms with Gasteiger partial charge in [-0.2, -0.15) is 0 Å². The molecular weight excluding hydrogens is 220 g/mol. The Balaban J connectivity index is 1.98. The molecule has 0 fully saturated rings. The van der Waals surface area contributed by atoms with Crippen LogP contribution in [0.4, 0.5) is 5.69 Å². The van der Waals surface area contributed by atoms with Crippen molar-refractivity contribution in [1.29, 1.82) is 0 Å². The first-order valence-electron chi connectivity index (χ1n) is 5.42. The van der Waals surface area contributed by atoms with Crippen LogP contribution in [-0.2, 0) is 16.0 Å². The van der Waals surface area contributed by atoms with Crippen LogP contribution in [0.3, 0.4) is 0 Å². The average molecular weight is 234 g/mol. The number of aliphatic imine (C=N–C) groups is 1. The van der Waals surface area contributed by atoms with Crippen LogP contribution >= 0.6 is 0 Å². The van der Waals surface area contributed by atoms with Crippen molar-refractivity contribution in [1.82, 2.24) is 0 Å². The molecule has 1 aliphatic rings. The van der Waals surface area contributed by atoms with Gasteiger partial charge < -0.3 is 15.2 Å². The first-order valence-corrected chi connectivity index (χ1v) is 5.42. The number of carbonyl (C=O) groups is 1. The summed E-state index contributed by atoms with van der Waals surface area (Å²) < 4.78 is 5.31. The van der Waals surface area contributed by atoms with Crippen LogP contribution in [0.1, 0.15) is 12.5 Å². The number of ether oxygens (including phenoxy) is 1. The third-order valence-corrected chi connectivity index (χ3v) is 2.36. The number of rotatable bonds is 3. The van der Waals surface area contributed by atoms with Gasteiger partial charge >= 0.3 is 5.97 Å². The van der Waals surface area contributed by atoms with Gasteiger partial charge in [0.2, 0.25) is 0 Å². The molecule has 17 heavy (non-hydrogen) atoms. The van der Waals surface area contributed by atoms with E-state index in [9.17, 15) is 4.79 Å². The largest absolute Gasteiger partial charge is 0.481 e. The van der Waals surface area contributed by atoms with E-state index < -0.39 is 5.97 Å². The van der Waals surface area contributed by atoms with E-state index in [1.54, 1.807) is 12.1 Å². The lowest BCUT2D eigenvalue weighted by molar-refractivity contribution is -0.136. The van der Waals surface area contributed by atoms with E-state index in [1.807, 2.05) is 19.1 Å². The van der Waals surface area contributed by atoms with E-state index in [0.717, 1.165) is 11.3 Å². The summed E-state index contributed by atoms with van der Waals surface area (Å²) in [4.78, 5) is 14.8. The summed E-state index contributed by atoms with van der Waals surface area (Å²) in [7, 11) is 0. The Morgan fingerprint density at radius 2 is 2.24 bits per heavy atom. The summed E-state index contributed by atoms with van der Waals surface area (Å²) in [6.45, 7) is 2.57. The number of carboxylic acids is 1. The molecule has 0 spiro atoms. The fourth-order valence-corrected chi connectivity index (χ4v) is 1.55. The van der Waals surface area contributed by atoms with E-state index in [4.69, 9.17) is 9.84 Å². The minimum Gasteiger partial charge on any atom is -0.481 e. The number of amidine groups is 1. The van der Waals surface area contributed by atoms with Crippen LogP contribution in [0.2, 0.25) is 0 Å². The SMILES string of the molecule is CC1COC(Nc2ccc(CC(=O)O)cc2)=N1. The molecule has 0 radical (unpaired) electrons. The highest BCUT2D eigenvalue weighted by atomic mass is 16.5. The van der Waals surface area contributed by atoms with Gasteiger partial charge in [-0.05, 0) is 24.6 Å². The molecular formula is C12H14N2O3. The highest BCUT2D eigenvalue weighted by molar-refractivity contribution is 5.90. The first-order chi connectivity index (χ1) is 8.13. The van der Waals surface area contributed by atoms with Crippen LogP contribution in [0.15, 0.2) is 29.3 Å². The number of anilines is 1. The Hall–Kier alpha value is -2.04. The molecule has 0 saturated carbocycles. The molecule has 0 bridgehead atoms. The van der Waals surface area contributed by atoms with Crippen LogP contribution in [-0.4, -0.2) is 29.7 Å². The highest BCUT2D eigenvalue weighted by Gasteiger charge is 2.13. The van der Waals surface area contributed by atoms with E-state index in [1.165, 1.54) is 0 Å². The summed E-state index contributed by atoms with van der Waals surface area (Å²) in [5.41, 5.74) is 1.61. The van der Waals surface area contributed by atoms with Gasteiger partial charge in [0.25, 0.3) is 6.02 Å². The molecule has 90 valence electrons. The average Bonchev–Trinajstić information content (AvgIpc) is 2.66. The second-order valence-corrected chi connectivity index (χ2v) is 3.99. The topological polar surface area (TPSA) is 70.9 Å². The summed E-state index contributed by atoms with van der Waals surface area (Å²) >= 11 is 0. The van der Waals surface area contributed by atoms with Crippen molar-refractivity contribution in [3.63, 3.8) is 0 Å². The lowest BCUT2D eigenvalue weighted by atomic mass is 10.1. The molecule has 5 heteroatoms. The molecule has 1 unspecified atom stereocenters. The number of benzene rings is 1. The Labute approximate surface area is 99.1 Å². The maximum absolute atomic E-state index is 10.5. The highest BCUT2D eigenvalue weighted by Crippen LogP contribution is 2.12. The zero-order chi connectivity index (χ0) is 12.3. The van der Waals surface area contributed by atoms with E-state index in [-0.39, 0.29) is 12.5 Å². The lowest BCUT2D eigenvalue weighted by Gasteiger charge is -2.05. The van der Waals surface area contributed by atoms with Crippen LogP contribution in [0.25, 0.3) is 0 Å².